The molecule has 2 rings (SSSR count). The van der Waals surface area contributed by atoms with Crippen molar-refractivity contribution in [2.24, 2.45) is 5.92 Å². The molecule has 0 unspecified atom stereocenters. The number of rotatable bonds is 7. The lowest BCUT2D eigenvalue weighted by Crippen LogP contribution is -2.16. The number of hydrogen-bond donors (Lipinski definition) is 2. The summed E-state index contributed by atoms with van der Waals surface area (Å²) in [5.41, 5.74) is 3.44. The molecule has 0 aliphatic carbocycles. The number of aromatic nitrogens is 2. The molecule has 0 aliphatic heterocycles. The van der Waals surface area contributed by atoms with Gasteiger partial charge in [0, 0.05) is 11.3 Å². The summed E-state index contributed by atoms with van der Waals surface area (Å²) in [5, 5.41) is 9.96. The fourth-order valence-corrected chi connectivity index (χ4v) is 2.29. The highest BCUT2D eigenvalue weighted by Crippen LogP contribution is 2.24. The van der Waals surface area contributed by atoms with Crippen LogP contribution < -0.4 is 10.1 Å². The van der Waals surface area contributed by atoms with Crippen LogP contribution in [0.3, 0.4) is 0 Å². The summed E-state index contributed by atoms with van der Waals surface area (Å²) in [4.78, 5) is 12.3. The maximum absolute atomic E-state index is 12.3. The maximum Gasteiger partial charge on any atom is 0.229 e. The summed E-state index contributed by atoms with van der Waals surface area (Å²) < 4.78 is 5.80. The second-order valence-electron chi connectivity index (χ2n) is 6.16. The first-order valence-corrected chi connectivity index (χ1v) is 7.99. The first kappa shape index (κ1) is 17.1. The molecule has 5 heteroatoms. The normalized spacial score (nSPS) is 10.8. The van der Waals surface area contributed by atoms with Gasteiger partial charge in [-0.25, -0.2) is 0 Å². The number of amides is 1. The summed E-state index contributed by atoms with van der Waals surface area (Å²) in [7, 11) is 0. The van der Waals surface area contributed by atoms with Crippen molar-refractivity contribution in [1.82, 2.24) is 10.2 Å². The molecule has 0 radical (unpaired) electrons. The van der Waals surface area contributed by atoms with Gasteiger partial charge >= 0.3 is 0 Å². The molecule has 23 heavy (non-hydrogen) atoms. The minimum Gasteiger partial charge on any atom is -0.491 e. The SMILES string of the molecule is Cc1n[nH]c(C)c1CC(=O)Nc1ccccc1OCCC(C)C. The van der Waals surface area contributed by atoms with E-state index in [2.05, 4.69) is 29.4 Å². The summed E-state index contributed by atoms with van der Waals surface area (Å²) >= 11 is 0. The molecule has 2 aromatic rings. The Morgan fingerprint density at radius 3 is 2.70 bits per heavy atom. The minimum atomic E-state index is -0.0718. The zero-order chi connectivity index (χ0) is 16.8. The molecule has 5 nitrogen and oxygen atoms in total. The van der Waals surface area contributed by atoms with E-state index < -0.39 is 0 Å². The molecule has 0 atom stereocenters. The number of H-pyrrole nitrogens is 1. The molecular weight excluding hydrogens is 290 g/mol. The lowest BCUT2D eigenvalue weighted by Gasteiger charge is -2.13. The van der Waals surface area contributed by atoms with Crippen LogP contribution in [-0.2, 0) is 11.2 Å². The second kappa shape index (κ2) is 7.81. The predicted octanol–water partition coefficient (Wildman–Crippen LogP) is 3.63. The molecule has 1 amide bonds. The number of nitrogens with zero attached hydrogens (tertiary/aromatic N) is 1. The van der Waals surface area contributed by atoms with Gasteiger partial charge in [-0.2, -0.15) is 5.10 Å². The Morgan fingerprint density at radius 1 is 1.30 bits per heavy atom. The fraction of sp³-hybridized carbons (Fsp3) is 0.444. The molecule has 0 saturated carbocycles. The van der Waals surface area contributed by atoms with Crippen LogP contribution in [-0.4, -0.2) is 22.7 Å². The number of hydrogen-bond acceptors (Lipinski definition) is 3. The van der Waals surface area contributed by atoms with Gasteiger partial charge in [0.25, 0.3) is 0 Å². The van der Waals surface area contributed by atoms with E-state index in [4.69, 9.17) is 4.74 Å². The highest BCUT2D eigenvalue weighted by atomic mass is 16.5. The summed E-state index contributed by atoms with van der Waals surface area (Å²) in [5.74, 6) is 1.23. The van der Waals surface area contributed by atoms with Crippen LogP contribution in [0.4, 0.5) is 5.69 Å². The number of carbonyl (C=O) groups excluding carboxylic acids is 1. The smallest absolute Gasteiger partial charge is 0.229 e. The Hall–Kier alpha value is -2.30. The second-order valence-corrected chi connectivity index (χ2v) is 6.16. The van der Waals surface area contributed by atoms with E-state index in [-0.39, 0.29) is 5.91 Å². The lowest BCUT2D eigenvalue weighted by atomic mass is 10.1. The van der Waals surface area contributed by atoms with Crippen LogP contribution in [0.1, 0.15) is 37.2 Å². The predicted molar refractivity (Wildman–Crippen MR) is 91.8 cm³/mol. The van der Waals surface area contributed by atoms with E-state index in [0.29, 0.717) is 30.4 Å². The van der Waals surface area contributed by atoms with E-state index >= 15 is 0 Å². The summed E-state index contributed by atoms with van der Waals surface area (Å²) in [6.07, 6.45) is 1.28. The molecule has 124 valence electrons. The van der Waals surface area contributed by atoms with E-state index in [1.807, 2.05) is 38.1 Å². The van der Waals surface area contributed by atoms with Crippen LogP contribution in [0.2, 0.25) is 0 Å². The topological polar surface area (TPSA) is 67.0 Å². The lowest BCUT2D eigenvalue weighted by molar-refractivity contribution is -0.115. The van der Waals surface area contributed by atoms with Crippen LogP contribution in [0.15, 0.2) is 24.3 Å². The van der Waals surface area contributed by atoms with Crippen molar-refractivity contribution in [3.63, 3.8) is 0 Å². The molecule has 0 bridgehead atoms. The van der Waals surface area contributed by atoms with Crippen LogP contribution in [0.25, 0.3) is 0 Å². The van der Waals surface area contributed by atoms with Crippen molar-refractivity contribution < 1.29 is 9.53 Å². The average molecular weight is 315 g/mol. The number of anilines is 1. The minimum absolute atomic E-state index is 0.0718. The van der Waals surface area contributed by atoms with Gasteiger partial charge < -0.3 is 10.1 Å². The monoisotopic (exact) mass is 315 g/mol. The van der Waals surface area contributed by atoms with Gasteiger partial charge in [0.05, 0.1) is 24.4 Å². The first-order chi connectivity index (χ1) is 11.0. The molecule has 1 heterocycles. The van der Waals surface area contributed by atoms with Gasteiger partial charge in [0.1, 0.15) is 5.75 Å². The van der Waals surface area contributed by atoms with Gasteiger partial charge in [-0.3, -0.25) is 9.89 Å². The standard InChI is InChI=1S/C18H25N3O2/c1-12(2)9-10-23-17-8-6-5-7-16(17)19-18(22)11-15-13(3)20-21-14(15)4/h5-8,12H,9-11H2,1-4H3,(H,19,22)(H,20,21). The zero-order valence-electron chi connectivity index (χ0n) is 14.3. The number of carbonyl (C=O) groups is 1. The summed E-state index contributed by atoms with van der Waals surface area (Å²) in [6.45, 7) is 8.78. The Morgan fingerprint density at radius 2 is 2.04 bits per heavy atom. The van der Waals surface area contributed by atoms with Crippen LogP contribution in [0.5, 0.6) is 5.75 Å². The Balaban J connectivity index is 2.00. The first-order valence-electron chi connectivity index (χ1n) is 7.99. The Bertz CT molecular complexity index is 643. The van der Waals surface area contributed by atoms with Gasteiger partial charge in [-0.05, 0) is 38.3 Å². The molecule has 0 fully saturated rings. The quantitative estimate of drug-likeness (QED) is 0.820. The molecule has 0 aliphatic rings. The van der Waals surface area contributed by atoms with Gasteiger partial charge in [-0.1, -0.05) is 26.0 Å². The number of benzene rings is 1. The van der Waals surface area contributed by atoms with Gasteiger partial charge in [0.15, 0.2) is 0 Å². The molecule has 2 N–H and O–H groups in total. The summed E-state index contributed by atoms with van der Waals surface area (Å²) in [6, 6.07) is 7.53. The number of para-hydroxylation sites is 2. The van der Waals surface area contributed by atoms with Crippen LogP contribution >= 0.6 is 0 Å². The van der Waals surface area contributed by atoms with Crippen molar-refractivity contribution in [1.29, 1.82) is 0 Å². The van der Waals surface area contributed by atoms with E-state index in [1.54, 1.807) is 0 Å². The Labute approximate surface area is 137 Å². The van der Waals surface area contributed by atoms with Crippen molar-refractivity contribution in [3.8, 4) is 5.75 Å². The number of aromatic amines is 1. The highest BCUT2D eigenvalue weighted by Gasteiger charge is 2.13. The maximum atomic E-state index is 12.3. The van der Waals surface area contributed by atoms with E-state index in [1.165, 1.54) is 0 Å². The number of nitrogens with one attached hydrogen (secondary N) is 2. The molecule has 0 saturated heterocycles. The third-order valence-corrected chi connectivity index (χ3v) is 3.73. The number of aryl methyl sites for hydroxylation is 2. The Kier molecular flexibility index (Phi) is 5.79. The third-order valence-electron chi connectivity index (χ3n) is 3.73. The molecule has 1 aromatic carbocycles. The fourth-order valence-electron chi connectivity index (χ4n) is 2.29. The van der Waals surface area contributed by atoms with E-state index in [0.717, 1.165) is 23.4 Å². The highest BCUT2D eigenvalue weighted by molar-refractivity contribution is 5.93. The van der Waals surface area contributed by atoms with Crippen molar-refractivity contribution in [3.05, 3.63) is 41.2 Å². The molecule has 0 spiro atoms. The number of ether oxygens (including phenoxy) is 1. The molecular formula is C18H25N3O2. The van der Waals surface area contributed by atoms with Crippen molar-refractivity contribution in [2.45, 2.75) is 40.5 Å². The van der Waals surface area contributed by atoms with Crippen molar-refractivity contribution >= 4 is 11.6 Å². The van der Waals surface area contributed by atoms with Crippen molar-refractivity contribution in [2.75, 3.05) is 11.9 Å². The zero-order valence-corrected chi connectivity index (χ0v) is 14.3. The van der Waals surface area contributed by atoms with Crippen LogP contribution in [0, 0.1) is 19.8 Å². The molecule has 1 aromatic heterocycles. The van der Waals surface area contributed by atoms with Gasteiger partial charge in [-0.15, -0.1) is 0 Å². The van der Waals surface area contributed by atoms with Gasteiger partial charge in [0.2, 0.25) is 5.91 Å². The third kappa shape index (κ3) is 4.84. The average Bonchev–Trinajstić information content (AvgIpc) is 2.80. The largest absolute Gasteiger partial charge is 0.491 e. The van der Waals surface area contributed by atoms with E-state index in [9.17, 15) is 4.79 Å².